The summed E-state index contributed by atoms with van der Waals surface area (Å²) < 4.78 is 0. The number of aromatic nitrogens is 1. The lowest BCUT2D eigenvalue weighted by molar-refractivity contribution is -0.385. The summed E-state index contributed by atoms with van der Waals surface area (Å²) in [7, 11) is 0. The van der Waals surface area contributed by atoms with Gasteiger partial charge in [-0.05, 0) is 31.7 Å². The highest BCUT2D eigenvalue weighted by molar-refractivity contribution is 5.44. The summed E-state index contributed by atoms with van der Waals surface area (Å²) in [5.74, 6) is 0.967. The lowest BCUT2D eigenvalue weighted by atomic mass is 10.2. The highest BCUT2D eigenvalue weighted by atomic mass is 16.6. The fourth-order valence-corrected chi connectivity index (χ4v) is 1.70. The molecule has 92 valence electrons. The molecule has 1 fully saturated rings. The van der Waals surface area contributed by atoms with E-state index in [0.29, 0.717) is 24.0 Å². The summed E-state index contributed by atoms with van der Waals surface area (Å²) in [5, 5.41) is 23.3. The molecule has 1 aromatic heterocycles. The number of aryl methyl sites for hydroxylation is 1. The quantitative estimate of drug-likeness (QED) is 0.598. The summed E-state index contributed by atoms with van der Waals surface area (Å²) in [6.07, 6.45) is 1.80. The van der Waals surface area contributed by atoms with Crippen molar-refractivity contribution in [2.24, 2.45) is 5.92 Å². The average Bonchev–Trinajstić information content (AvgIpc) is 3.09. The fourth-order valence-electron chi connectivity index (χ4n) is 1.70. The second-order valence-electron chi connectivity index (χ2n) is 4.34. The average molecular weight is 237 g/mol. The predicted molar refractivity (Wildman–Crippen MR) is 62.8 cm³/mol. The minimum atomic E-state index is -0.453. The predicted octanol–water partition coefficient (Wildman–Crippen LogP) is 1.48. The monoisotopic (exact) mass is 237 g/mol. The number of aliphatic hydroxyl groups excluding tert-OH is 1. The van der Waals surface area contributed by atoms with E-state index in [1.165, 1.54) is 6.07 Å². The molecule has 1 atom stereocenters. The van der Waals surface area contributed by atoms with Gasteiger partial charge in [0.2, 0.25) is 0 Å². The van der Waals surface area contributed by atoms with Crippen LogP contribution in [0.3, 0.4) is 0 Å². The summed E-state index contributed by atoms with van der Waals surface area (Å²) in [6, 6.07) is 2.99. The highest BCUT2D eigenvalue weighted by Gasteiger charge is 2.29. The molecule has 1 aromatic rings. The maximum absolute atomic E-state index is 10.6. The number of nitro groups is 1. The third kappa shape index (κ3) is 2.91. The lowest BCUT2D eigenvalue weighted by Gasteiger charge is -2.11. The number of nitrogens with one attached hydrogen (secondary N) is 1. The van der Waals surface area contributed by atoms with E-state index < -0.39 is 4.92 Å². The first-order valence-corrected chi connectivity index (χ1v) is 5.62. The fraction of sp³-hybridized carbons (Fsp3) is 0.545. The van der Waals surface area contributed by atoms with Gasteiger partial charge in [0.05, 0.1) is 11.0 Å². The Labute approximate surface area is 98.8 Å². The number of hydrogen-bond donors (Lipinski definition) is 2. The van der Waals surface area contributed by atoms with Crippen LogP contribution in [0.15, 0.2) is 12.1 Å². The smallest absolute Gasteiger partial charge is 0.290 e. The molecule has 0 saturated heterocycles. The first kappa shape index (κ1) is 11.8. The zero-order chi connectivity index (χ0) is 12.4. The van der Waals surface area contributed by atoms with Crippen molar-refractivity contribution in [1.82, 2.24) is 4.98 Å². The van der Waals surface area contributed by atoms with Gasteiger partial charge < -0.3 is 10.4 Å². The molecule has 0 spiro atoms. The van der Waals surface area contributed by atoms with Crippen LogP contribution in [0.2, 0.25) is 0 Å². The second-order valence-corrected chi connectivity index (χ2v) is 4.34. The van der Waals surface area contributed by atoms with E-state index in [9.17, 15) is 15.2 Å². The Morgan fingerprint density at radius 3 is 2.88 bits per heavy atom. The minimum absolute atomic E-state index is 0.0123. The molecule has 2 rings (SSSR count). The zero-order valence-electron chi connectivity index (χ0n) is 9.59. The highest BCUT2D eigenvalue weighted by Crippen LogP contribution is 2.32. The number of pyridine rings is 1. The van der Waals surface area contributed by atoms with Crippen molar-refractivity contribution >= 4 is 11.5 Å². The van der Waals surface area contributed by atoms with Gasteiger partial charge in [-0.25, -0.2) is 4.98 Å². The van der Waals surface area contributed by atoms with Crippen LogP contribution in [0.25, 0.3) is 0 Å². The van der Waals surface area contributed by atoms with Gasteiger partial charge in [0.15, 0.2) is 0 Å². The van der Waals surface area contributed by atoms with Crippen molar-refractivity contribution in [3.8, 4) is 0 Å². The van der Waals surface area contributed by atoms with Gasteiger partial charge >= 0.3 is 0 Å². The number of nitrogens with zero attached hydrogens (tertiary/aromatic N) is 2. The normalized spacial score (nSPS) is 16.6. The minimum Gasteiger partial charge on any atom is -0.391 e. The Bertz CT molecular complexity index is 432. The van der Waals surface area contributed by atoms with Crippen LogP contribution in [0.1, 0.15) is 18.5 Å². The Morgan fingerprint density at radius 1 is 1.65 bits per heavy atom. The van der Waals surface area contributed by atoms with Crippen LogP contribution < -0.4 is 5.32 Å². The van der Waals surface area contributed by atoms with Crippen molar-refractivity contribution in [1.29, 1.82) is 0 Å². The third-order valence-corrected chi connectivity index (χ3v) is 2.91. The molecule has 6 heteroatoms. The van der Waals surface area contributed by atoms with E-state index >= 15 is 0 Å². The molecule has 0 aliphatic heterocycles. The molecule has 6 nitrogen and oxygen atoms in total. The maximum Gasteiger partial charge on any atom is 0.290 e. The molecule has 2 N–H and O–H groups in total. The summed E-state index contributed by atoms with van der Waals surface area (Å²) in [6.45, 7) is 2.04. The number of hydrogen-bond acceptors (Lipinski definition) is 5. The van der Waals surface area contributed by atoms with Crippen molar-refractivity contribution in [3.63, 3.8) is 0 Å². The molecular formula is C11H15N3O3. The van der Waals surface area contributed by atoms with E-state index in [1.807, 2.05) is 0 Å². The van der Waals surface area contributed by atoms with Crippen molar-refractivity contribution in [3.05, 3.63) is 27.9 Å². The molecule has 1 aliphatic rings. The third-order valence-electron chi connectivity index (χ3n) is 2.91. The number of rotatable bonds is 5. The molecule has 0 bridgehead atoms. The topological polar surface area (TPSA) is 88.3 Å². The SMILES string of the molecule is Cc1nc(NCC(O)C2CC2)ccc1[N+](=O)[O-]. The van der Waals surface area contributed by atoms with Crippen LogP contribution in [-0.2, 0) is 0 Å². The van der Waals surface area contributed by atoms with E-state index in [0.717, 1.165) is 12.8 Å². The van der Waals surface area contributed by atoms with Crippen LogP contribution in [0.5, 0.6) is 0 Å². The van der Waals surface area contributed by atoms with Gasteiger partial charge in [-0.2, -0.15) is 0 Å². The Morgan fingerprint density at radius 2 is 2.35 bits per heavy atom. The van der Waals surface area contributed by atoms with Crippen molar-refractivity contribution < 1.29 is 10.0 Å². The van der Waals surface area contributed by atoms with E-state index in [2.05, 4.69) is 10.3 Å². The molecule has 0 aromatic carbocycles. The number of anilines is 1. The molecule has 1 saturated carbocycles. The summed E-state index contributed by atoms with van der Waals surface area (Å²) in [4.78, 5) is 14.2. The van der Waals surface area contributed by atoms with Crippen molar-refractivity contribution in [2.75, 3.05) is 11.9 Å². The van der Waals surface area contributed by atoms with Crippen molar-refractivity contribution in [2.45, 2.75) is 25.9 Å². The van der Waals surface area contributed by atoms with Crippen LogP contribution in [-0.4, -0.2) is 27.7 Å². The first-order valence-electron chi connectivity index (χ1n) is 5.62. The second kappa shape index (κ2) is 4.67. The molecule has 1 heterocycles. The molecular weight excluding hydrogens is 222 g/mol. The van der Waals surface area contributed by atoms with E-state index in [1.54, 1.807) is 13.0 Å². The Hall–Kier alpha value is -1.69. The largest absolute Gasteiger partial charge is 0.391 e. The maximum atomic E-state index is 10.6. The first-order chi connectivity index (χ1) is 8.08. The van der Waals surface area contributed by atoms with Crippen LogP contribution in [0.4, 0.5) is 11.5 Å². The van der Waals surface area contributed by atoms with Gasteiger partial charge in [-0.3, -0.25) is 10.1 Å². The van der Waals surface area contributed by atoms with Gasteiger partial charge in [-0.15, -0.1) is 0 Å². The van der Waals surface area contributed by atoms with Gasteiger partial charge in [0.25, 0.3) is 5.69 Å². The Kier molecular flexibility index (Phi) is 3.23. The molecule has 1 unspecified atom stereocenters. The molecule has 0 amide bonds. The molecule has 17 heavy (non-hydrogen) atoms. The van der Waals surface area contributed by atoms with Gasteiger partial charge in [-0.1, -0.05) is 0 Å². The van der Waals surface area contributed by atoms with Crippen LogP contribution >= 0.6 is 0 Å². The molecule has 0 radical (unpaired) electrons. The van der Waals surface area contributed by atoms with E-state index in [-0.39, 0.29) is 11.8 Å². The Balaban J connectivity index is 1.97. The standard InChI is InChI=1S/C11H15N3O3/c1-7-9(14(16)17)4-5-11(13-7)12-6-10(15)8-2-3-8/h4-5,8,10,15H,2-3,6H2,1H3,(H,12,13). The summed E-state index contributed by atoms with van der Waals surface area (Å²) >= 11 is 0. The van der Waals surface area contributed by atoms with Crippen LogP contribution in [0, 0.1) is 23.0 Å². The molecule has 1 aliphatic carbocycles. The van der Waals surface area contributed by atoms with E-state index in [4.69, 9.17) is 0 Å². The van der Waals surface area contributed by atoms with Gasteiger partial charge in [0, 0.05) is 12.6 Å². The summed E-state index contributed by atoms with van der Waals surface area (Å²) in [5.41, 5.74) is 0.388. The van der Waals surface area contributed by atoms with Gasteiger partial charge in [0.1, 0.15) is 11.5 Å². The lowest BCUT2D eigenvalue weighted by Crippen LogP contribution is -2.21. The zero-order valence-corrected chi connectivity index (χ0v) is 9.59. The number of aliphatic hydroxyl groups is 1.